The van der Waals surface area contributed by atoms with Crippen LogP contribution in [0.2, 0.25) is 10.0 Å². The van der Waals surface area contributed by atoms with Crippen molar-refractivity contribution in [2.45, 2.75) is 20.4 Å². The maximum Gasteiger partial charge on any atom is 0.341 e. The molecular formula is C21H25Cl2N3O3S. The van der Waals surface area contributed by atoms with Crippen LogP contribution in [0.5, 0.6) is 0 Å². The molecule has 1 amide bonds. The molecule has 9 heteroatoms. The van der Waals surface area contributed by atoms with Crippen molar-refractivity contribution in [2.24, 2.45) is 0 Å². The summed E-state index contributed by atoms with van der Waals surface area (Å²) in [5.41, 5.74) is 2.41. The molecule has 0 unspecified atom stereocenters. The number of benzene rings is 1. The number of hydrogen-bond acceptors (Lipinski definition) is 6. The average molecular weight is 470 g/mol. The van der Waals surface area contributed by atoms with Crippen molar-refractivity contribution >= 4 is 51.4 Å². The molecule has 2 aromatic rings. The summed E-state index contributed by atoms with van der Waals surface area (Å²) in [5, 5.41) is 4.57. The first-order valence-electron chi connectivity index (χ1n) is 9.65. The number of hydrogen-bond donors (Lipinski definition) is 1. The first-order chi connectivity index (χ1) is 14.3. The van der Waals surface area contributed by atoms with E-state index in [9.17, 15) is 9.59 Å². The Morgan fingerprint density at radius 3 is 2.40 bits per heavy atom. The van der Waals surface area contributed by atoms with E-state index < -0.39 is 5.97 Å². The number of aryl methyl sites for hydroxylation is 1. The molecule has 1 aromatic heterocycles. The van der Waals surface area contributed by atoms with Gasteiger partial charge in [0, 0.05) is 37.6 Å². The van der Waals surface area contributed by atoms with Gasteiger partial charge in [-0.2, -0.15) is 0 Å². The summed E-state index contributed by atoms with van der Waals surface area (Å²) in [6.45, 7) is 8.18. The van der Waals surface area contributed by atoms with Gasteiger partial charge < -0.3 is 10.1 Å². The number of halogens is 2. The van der Waals surface area contributed by atoms with E-state index in [1.165, 1.54) is 18.4 Å². The number of carbonyl (C=O) groups is 2. The number of nitrogens with one attached hydrogen (secondary N) is 1. The van der Waals surface area contributed by atoms with Crippen molar-refractivity contribution in [1.29, 1.82) is 0 Å². The lowest BCUT2D eigenvalue weighted by Crippen LogP contribution is -2.48. The second kappa shape index (κ2) is 10.1. The van der Waals surface area contributed by atoms with E-state index in [1.807, 2.05) is 32.0 Å². The van der Waals surface area contributed by atoms with Gasteiger partial charge in [-0.05, 0) is 37.1 Å². The van der Waals surface area contributed by atoms with Crippen LogP contribution in [-0.2, 0) is 16.1 Å². The highest BCUT2D eigenvalue weighted by Crippen LogP contribution is 2.33. The number of nitrogens with zero attached hydrogens (tertiary/aromatic N) is 2. The quantitative estimate of drug-likeness (QED) is 0.641. The molecule has 1 aliphatic heterocycles. The van der Waals surface area contributed by atoms with Gasteiger partial charge in [-0.25, -0.2) is 4.79 Å². The Bertz CT molecular complexity index is 940. The summed E-state index contributed by atoms with van der Waals surface area (Å²) < 4.78 is 4.86. The molecule has 3 rings (SSSR count). The number of rotatable bonds is 6. The average Bonchev–Trinajstić information content (AvgIpc) is 2.99. The number of amides is 1. The highest BCUT2D eigenvalue weighted by Gasteiger charge is 2.23. The van der Waals surface area contributed by atoms with Crippen LogP contribution in [0.4, 0.5) is 5.00 Å². The molecule has 0 bridgehead atoms. The van der Waals surface area contributed by atoms with Crippen LogP contribution in [0.1, 0.15) is 26.4 Å². The van der Waals surface area contributed by atoms with Crippen molar-refractivity contribution in [1.82, 2.24) is 9.80 Å². The Kier molecular flexibility index (Phi) is 7.76. The van der Waals surface area contributed by atoms with E-state index in [0.29, 0.717) is 20.6 Å². The summed E-state index contributed by atoms with van der Waals surface area (Å²) in [6, 6.07) is 5.70. The molecule has 30 heavy (non-hydrogen) atoms. The monoisotopic (exact) mass is 469 g/mol. The fraction of sp³-hybridized carbons (Fsp3) is 0.429. The number of piperazine rings is 1. The van der Waals surface area contributed by atoms with Crippen LogP contribution in [0, 0.1) is 13.8 Å². The zero-order chi connectivity index (χ0) is 21.8. The molecular weight excluding hydrogens is 445 g/mol. The molecule has 0 spiro atoms. The Morgan fingerprint density at radius 1 is 1.10 bits per heavy atom. The molecule has 6 nitrogen and oxygen atoms in total. The molecule has 0 atom stereocenters. The molecule has 1 N–H and O–H groups in total. The van der Waals surface area contributed by atoms with Crippen LogP contribution in [0.25, 0.3) is 0 Å². The Morgan fingerprint density at radius 2 is 1.77 bits per heavy atom. The molecule has 0 radical (unpaired) electrons. The lowest BCUT2D eigenvalue weighted by atomic mass is 10.1. The summed E-state index contributed by atoms with van der Waals surface area (Å²) in [6.07, 6.45) is 0. The second-order valence-corrected chi connectivity index (χ2v) is 9.37. The van der Waals surface area contributed by atoms with E-state index in [-0.39, 0.29) is 12.5 Å². The van der Waals surface area contributed by atoms with Crippen molar-refractivity contribution in [3.8, 4) is 0 Å². The summed E-state index contributed by atoms with van der Waals surface area (Å²) in [5.74, 6) is -0.553. The maximum atomic E-state index is 12.6. The minimum absolute atomic E-state index is 0.126. The third kappa shape index (κ3) is 5.53. The van der Waals surface area contributed by atoms with E-state index in [1.54, 1.807) is 0 Å². The first-order valence-corrected chi connectivity index (χ1v) is 11.2. The molecule has 1 fully saturated rings. The van der Waals surface area contributed by atoms with Crippen LogP contribution >= 0.6 is 34.5 Å². The summed E-state index contributed by atoms with van der Waals surface area (Å²) >= 11 is 13.5. The molecule has 0 saturated carbocycles. The smallest absolute Gasteiger partial charge is 0.341 e. The number of thiophene rings is 1. The van der Waals surface area contributed by atoms with Crippen molar-refractivity contribution in [3.05, 3.63) is 49.8 Å². The minimum Gasteiger partial charge on any atom is -0.465 e. The Hall–Kier alpha value is -1.64. The molecule has 162 valence electrons. The van der Waals surface area contributed by atoms with Crippen molar-refractivity contribution in [2.75, 3.05) is 45.2 Å². The Labute approximate surface area is 190 Å². The van der Waals surface area contributed by atoms with E-state index in [2.05, 4.69) is 15.1 Å². The maximum absolute atomic E-state index is 12.6. The zero-order valence-electron chi connectivity index (χ0n) is 17.3. The van der Waals surface area contributed by atoms with E-state index >= 15 is 0 Å². The lowest BCUT2D eigenvalue weighted by molar-refractivity contribution is -0.117. The highest BCUT2D eigenvalue weighted by molar-refractivity contribution is 7.16. The third-order valence-corrected chi connectivity index (χ3v) is 7.11. The van der Waals surface area contributed by atoms with Gasteiger partial charge in [0.05, 0.1) is 29.3 Å². The lowest BCUT2D eigenvalue weighted by Gasteiger charge is -2.34. The van der Waals surface area contributed by atoms with Crippen LogP contribution in [0.15, 0.2) is 18.2 Å². The van der Waals surface area contributed by atoms with Crippen LogP contribution in [0.3, 0.4) is 0 Å². The fourth-order valence-electron chi connectivity index (χ4n) is 3.43. The molecule has 2 heterocycles. The summed E-state index contributed by atoms with van der Waals surface area (Å²) in [7, 11) is 1.35. The number of methoxy groups -OCH3 is 1. The molecule has 1 aromatic carbocycles. The third-order valence-electron chi connectivity index (χ3n) is 5.25. The minimum atomic E-state index is -0.428. The van der Waals surface area contributed by atoms with Crippen molar-refractivity contribution in [3.63, 3.8) is 0 Å². The van der Waals surface area contributed by atoms with Gasteiger partial charge in [0.1, 0.15) is 5.00 Å². The number of ether oxygens (including phenoxy) is 1. The highest BCUT2D eigenvalue weighted by atomic mass is 35.5. The zero-order valence-corrected chi connectivity index (χ0v) is 19.6. The first kappa shape index (κ1) is 23.0. The largest absolute Gasteiger partial charge is 0.465 e. The van der Waals surface area contributed by atoms with Gasteiger partial charge in [-0.15, -0.1) is 11.3 Å². The normalized spacial score (nSPS) is 15.2. The van der Waals surface area contributed by atoms with Gasteiger partial charge in [-0.1, -0.05) is 29.3 Å². The molecule has 1 saturated heterocycles. The summed E-state index contributed by atoms with van der Waals surface area (Å²) in [4.78, 5) is 30.1. The Balaban J connectivity index is 1.51. The van der Waals surface area contributed by atoms with Gasteiger partial charge in [-0.3, -0.25) is 14.6 Å². The standard InChI is InChI=1S/C21H25Cl2N3O3S/c1-13-14(2)30-20(19(13)21(28)29-3)24-18(27)12-26-8-6-25(7-9-26)11-15-4-5-16(22)17(23)10-15/h4-5,10H,6-9,11-12H2,1-3H3,(H,24,27). The number of anilines is 1. The molecule has 0 aliphatic carbocycles. The van der Waals surface area contributed by atoms with Gasteiger partial charge >= 0.3 is 5.97 Å². The van der Waals surface area contributed by atoms with Crippen LogP contribution < -0.4 is 5.32 Å². The van der Waals surface area contributed by atoms with Gasteiger partial charge in [0.25, 0.3) is 0 Å². The number of carbonyl (C=O) groups excluding carboxylic acids is 2. The second-order valence-electron chi connectivity index (χ2n) is 7.33. The van der Waals surface area contributed by atoms with E-state index in [4.69, 9.17) is 27.9 Å². The van der Waals surface area contributed by atoms with E-state index in [0.717, 1.165) is 48.7 Å². The predicted molar refractivity (Wildman–Crippen MR) is 122 cm³/mol. The van der Waals surface area contributed by atoms with Crippen LogP contribution in [-0.4, -0.2) is 61.5 Å². The fourth-order valence-corrected chi connectivity index (χ4v) is 4.82. The number of esters is 1. The topological polar surface area (TPSA) is 61.9 Å². The molecule has 1 aliphatic rings. The van der Waals surface area contributed by atoms with Gasteiger partial charge in [0.2, 0.25) is 5.91 Å². The van der Waals surface area contributed by atoms with Gasteiger partial charge in [0.15, 0.2) is 0 Å². The predicted octanol–water partition coefficient (Wildman–Crippen LogP) is 4.21. The van der Waals surface area contributed by atoms with Crippen molar-refractivity contribution < 1.29 is 14.3 Å². The SMILES string of the molecule is COC(=O)c1c(NC(=O)CN2CCN(Cc3ccc(Cl)c(Cl)c3)CC2)sc(C)c1C.